The number of aromatic nitrogens is 1. The summed E-state index contributed by atoms with van der Waals surface area (Å²) >= 11 is 7.88. The topological polar surface area (TPSA) is 58.8 Å². The Morgan fingerprint density at radius 1 is 1.26 bits per heavy atom. The van der Waals surface area contributed by atoms with Gasteiger partial charge >= 0.3 is 0 Å². The first-order chi connectivity index (χ1) is 13.0. The molecule has 0 spiro atoms. The van der Waals surface area contributed by atoms with Crippen LogP contribution in [0.3, 0.4) is 0 Å². The van der Waals surface area contributed by atoms with Crippen molar-refractivity contribution in [2.24, 2.45) is 0 Å². The van der Waals surface area contributed by atoms with Crippen LogP contribution in [-0.2, 0) is 0 Å². The maximum absolute atomic E-state index is 12.7. The molecule has 0 unspecified atom stereocenters. The minimum Gasteiger partial charge on any atom is -0.494 e. The predicted molar refractivity (Wildman–Crippen MR) is 107 cm³/mol. The Balaban J connectivity index is 1.51. The summed E-state index contributed by atoms with van der Waals surface area (Å²) in [5, 5.41) is 1.58. The van der Waals surface area contributed by atoms with Crippen LogP contribution in [0.1, 0.15) is 21.9 Å². The molecule has 1 aromatic carbocycles. The second-order valence-electron chi connectivity index (χ2n) is 6.53. The molecule has 27 heavy (non-hydrogen) atoms. The molecule has 1 fully saturated rings. The number of hydrogen-bond donors (Lipinski definition) is 0. The van der Waals surface area contributed by atoms with Gasteiger partial charge in [-0.2, -0.15) is 0 Å². The average Bonchev–Trinajstić information content (AvgIpc) is 3.26. The molecular formula is C19H20ClN3O3S. The molecule has 0 radical (unpaired) electrons. The van der Waals surface area contributed by atoms with Gasteiger partial charge in [-0.05, 0) is 32.0 Å². The third kappa shape index (κ3) is 3.26. The maximum atomic E-state index is 12.7. The van der Waals surface area contributed by atoms with E-state index in [2.05, 4.69) is 4.90 Å². The van der Waals surface area contributed by atoms with Crippen molar-refractivity contribution in [3.63, 3.8) is 0 Å². The monoisotopic (exact) mass is 405 g/mol. The normalized spacial score (nSPS) is 14.8. The number of benzene rings is 1. The summed E-state index contributed by atoms with van der Waals surface area (Å²) in [6.07, 6.45) is 0. The average molecular weight is 406 g/mol. The van der Waals surface area contributed by atoms with Crippen LogP contribution in [-0.4, -0.2) is 49.1 Å². The van der Waals surface area contributed by atoms with E-state index in [9.17, 15) is 4.79 Å². The van der Waals surface area contributed by atoms with E-state index >= 15 is 0 Å². The Hall–Kier alpha value is -2.25. The van der Waals surface area contributed by atoms with Crippen LogP contribution in [0.5, 0.6) is 5.75 Å². The van der Waals surface area contributed by atoms with Crippen molar-refractivity contribution in [1.82, 2.24) is 9.88 Å². The first kappa shape index (κ1) is 18.1. The summed E-state index contributed by atoms with van der Waals surface area (Å²) in [7, 11) is 1.63. The van der Waals surface area contributed by atoms with Gasteiger partial charge in [0.05, 0.1) is 22.4 Å². The van der Waals surface area contributed by atoms with Crippen LogP contribution < -0.4 is 9.64 Å². The fourth-order valence-corrected chi connectivity index (χ4v) is 4.66. The second kappa shape index (κ2) is 7.05. The first-order valence-corrected chi connectivity index (χ1v) is 9.91. The zero-order valence-corrected chi connectivity index (χ0v) is 17.0. The van der Waals surface area contributed by atoms with Gasteiger partial charge in [-0.1, -0.05) is 22.9 Å². The van der Waals surface area contributed by atoms with Gasteiger partial charge in [-0.25, -0.2) is 4.98 Å². The van der Waals surface area contributed by atoms with Crippen molar-refractivity contribution in [2.75, 3.05) is 38.2 Å². The number of nitrogens with zero attached hydrogens (tertiary/aromatic N) is 3. The number of thiazole rings is 1. The lowest BCUT2D eigenvalue weighted by molar-refractivity contribution is 0.0745. The minimum atomic E-state index is 0.0259. The molecule has 1 aliphatic heterocycles. The standard InChI is InChI=1S/C19H20ClN3O3S/c1-11-10-13(12(2)26-11)18(24)22-6-8-23(9-7-22)19-21-16-15(25-3)5-4-14(20)17(16)27-19/h4-5,10H,6-9H2,1-3H3. The van der Waals surface area contributed by atoms with Crippen LogP contribution in [0.25, 0.3) is 10.2 Å². The van der Waals surface area contributed by atoms with E-state index < -0.39 is 0 Å². The van der Waals surface area contributed by atoms with E-state index in [1.54, 1.807) is 18.4 Å². The van der Waals surface area contributed by atoms with E-state index in [1.165, 1.54) is 0 Å². The molecule has 4 rings (SSSR count). The lowest BCUT2D eigenvalue weighted by Gasteiger charge is -2.34. The number of halogens is 1. The van der Waals surface area contributed by atoms with Crippen molar-refractivity contribution < 1.29 is 13.9 Å². The molecule has 1 amide bonds. The van der Waals surface area contributed by atoms with Crippen LogP contribution >= 0.6 is 22.9 Å². The van der Waals surface area contributed by atoms with Crippen molar-refractivity contribution in [1.29, 1.82) is 0 Å². The lowest BCUT2D eigenvalue weighted by atomic mass is 10.2. The highest BCUT2D eigenvalue weighted by molar-refractivity contribution is 7.22. The molecule has 1 saturated heterocycles. The maximum Gasteiger partial charge on any atom is 0.257 e. The molecule has 0 atom stereocenters. The molecule has 1 aliphatic rings. The summed E-state index contributed by atoms with van der Waals surface area (Å²) in [6, 6.07) is 5.47. The molecule has 6 nitrogen and oxygen atoms in total. The van der Waals surface area contributed by atoms with E-state index in [4.69, 9.17) is 25.7 Å². The zero-order valence-electron chi connectivity index (χ0n) is 15.4. The summed E-state index contributed by atoms with van der Waals surface area (Å²) < 4.78 is 11.8. The number of furan rings is 1. The molecule has 0 saturated carbocycles. The highest BCUT2D eigenvalue weighted by atomic mass is 35.5. The van der Waals surface area contributed by atoms with Gasteiger partial charge in [0.1, 0.15) is 22.8 Å². The Morgan fingerprint density at radius 3 is 2.63 bits per heavy atom. The van der Waals surface area contributed by atoms with Crippen molar-refractivity contribution >= 4 is 44.2 Å². The van der Waals surface area contributed by atoms with Gasteiger partial charge < -0.3 is 19.0 Å². The smallest absolute Gasteiger partial charge is 0.257 e. The van der Waals surface area contributed by atoms with Gasteiger partial charge in [-0.3, -0.25) is 4.79 Å². The SMILES string of the molecule is COc1ccc(Cl)c2sc(N3CCN(C(=O)c4cc(C)oc4C)CC3)nc12. The molecule has 0 N–H and O–H groups in total. The number of rotatable bonds is 3. The van der Waals surface area contributed by atoms with Gasteiger partial charge in [0.2, 0.25) is 0 Å². The highest BCUT2D eigenvalue weighted by Crippen LogP contribution is 2.38. The molecule has 3 heterocycles. The van der Waals surface area contributed by atoms with Crippen molar-refractivity contribution in [3.05, 3.63) is 40.3 Å². The van der Waals surface area contributed by atoms with Gasteiger partial charge in [-0.15, -0.1) is 0 Å². The van der Waals surface area contributed by atoms with Crippen molar-refractivity contribution in [3.8, 4) is 5.75 Å². The van der Waals surface area contributed by atoms with E-state index in [-0.39, 0.29) is 5.91 Å². The van der Waals surface area contributed by atoms with Crippen LogP contribution in [0.15, 0.2) is 22.6 Å². The first-order valence-electron chi connectivity index (χ1n) is 8.72. The highest BCUT2D eigenvalue weighted by Gasteiger charge is 2.26. The lowest BCUT2D eigenvalue weighted by Crippen LogP contribution is -2.48. The molecule has 8 heteroatoms. The number of aryl methyl sites for hydroxylation is 2. The number of fused-ring (bicyclic) bond motifs is 1. The number of carbonyl (C=O) groups excluding carboxylic acids is 1. The molecule has 0 bridgehead atoms. The molecule has 0 aliphatic carbocycles. The number of hydrogen-bond acceptors (Lipinski definition) is 6. The Morgan fingerprint density at radius 2 is 2.00 bits per heavy atom. The largest absolute Gasteiger partial charge is 0.494 e. The Labute approximate surface area is 166 Å². The van der Waals surface area contributed by atoms with Crippen LogP contribution in [0.4, 0.5) is 5.13 Å². The van der Waals surface area contributed by atoms with E-state index in [0.717, 1.165) is 39.9 Å². The quantitative estimate of drug-likeness (QED) is 0.655. The Kier molecular flexibility index (Phi) is 4.74. The number of anilines is 1. The van der Waals surface area contributed by atoms with Crippen LogP contribution in [0.2, 0.25) is 5.02 Å². The van der Waals surface area contributed by atoms with Gasteiger partial charge in [0, 0.05) is 26.2 Å². The number of methoxy groups -OCH3 is 1. The molecular weight excluding hydrogens is 386 g/mol. The summed E-state index contributed by atoms with van der Waals surface area (Å²) in [5.41, 5.74) is 1.44. The zero-order chi connectivity index (χ0) is 19.1. The van der Waals surface area contributed by atoms with Gasteiger partial charge in [0.25, 0.3) is 5.91 Å². The summed E-state index contributed by atoms with van der Waals surface area (Å²) in [5.74, 6) is 2.18. The third-order valence-corrected chi connectivity index (χ3v) is 6.35. The third-order valence-electron chi connectivity index (χ3n) is 4.78. The fraction of sp³-hybridized carbons (Fsp3) is 0.368. The van der Waals surface area contributed by atoms with E-state index in [0.29, 0.717) is 29.4 Å². The minimum absolute atomic E-state index is 0.0259. The number of carbonyl (C=O) groups is 1. The summed E-state index contributed by atoms with van der Waals surface area (Å²) in [4.78, 5) is 21.5. The van der Waals surface area contributed by atoms with Gasteiger partial charge in [0.15, 0.2) is 5.13 Å². The molecule has 3 aromatic rings. The Bertz CT molecular complexity index is 1010. The molecule has 142 valence electrons. The van der Waals surface area contributed by atoms with E-state index in [1.807, 2.05) is 36.9 Å². The number of piperazine rings is 1. The van der Waals surface area contributed by atoms with Crippen molar-refractivity contribution in [2.45, 2.75) is 13.8 Å². The predicted octanol–water partition coefficient (Wildman–Crippen LogP) is 4.13. The number of ether oxygens (including phenoxy) is 1. The second-order valence-corrected chi connectivity index (χ2v) is 7.91. The summed E-state index contributed by atoms with van der Waals surface area (Å²) in [6.45, 7) is 6.42. The number of amides is 1. The molecule has 2 aromatic heterocycles. The fourth-order valence-electron chi connectivity index (χ4n) is 3.36. The van der Waals surface area contributed by atoms with Crippen LogP contribution in [0, 0.1) is 13.8 Å².